The van der Waals surface area contributed by atoms with Gasteiger partial charge < -0.3 is 10.2 Å². The second kappa shape index (κ2) is 7.17. The summed E-state index contributed by atoms with van der Waals surface area (Å²) in [4.78, 5) is 10.0. The molecule has 0 saturated heterocycles. The van der Waals surface area contributed by atoms with Gasteiger partial charge in [-0.2, -0.15) is 0 Å². The molecule has 9 heteroatoms. The summed E-state index contributed by atoms with van der Waals surface area (Å²) in [5.74, 6) is -3.14. The Hall–Kier alpha value is -1.22. The number of carboxylic acid groups (broad SMARTS) is 1. The molecule has 0 aliphatic heterocycles. The van der Waals surface area contributed by atoms with Gasteiger partial charge in [0.25, 0.3) is 0 Å². The van der Waals surface area contributed by atoms with E-state index in [9.17, 15) is 17.6 Å². The first-order valence-corrected chi connectivity index (χ1v) is 7.88. The second-order valence-corrected chi connectivity index (χ2v) is 6.71. The highest BCUT2D eigenvalue weighted by Crippen LogP contribution is 2.24. The lowest BCUT2D eigenvalue weighted by atomic mass is 10.1. The molecule has 0 amide bonds. The molecule has 0 aliphatic carbocycles. The minimum absolute atomic E-state index is 0.0166. The molecule has 0 aliphatic rings. The van der Waals surface area contributed by atoms with E-state index in [-0.39, 0.29) is 24.1 Å². The molecule has 0 radical (unpaired) electrons. The first kappa shape index (κ1) is 17.8. The van der Waals surface area contributed by atoms with Crippen LogP contribution in [0, 0.1) is 11.7 Å². The molecule has 6 nitrogen and oxygen atoms in total. The number of carbonyl (C=O) groups is 1. The van der Waals surface area contributed by atoms with Crippen molar-refractivity contribution in [3.63, 3.8) is 0 Å². The third-order valence-electron chi connectivity index (χ3n) is 2.77. The number of aromatic carboxylic acids is 1. The molecule has 1 rings (SSSR count). The van der Waals surface area contributed by atoms with E-state index in [1.165, 1.54) is 0 Å². The van der Waals surface area contributed by atoms with Crippen LogP contribution in [0.4, 0.5) is 4.39 Å². The molecule has 0 bridgehead atoms. The van der Waals surface area contributed by atoms with E-state index in [1.807, 2.05) is 0 Å². The summed E-state index contributed by atoms with van der Waals surface area (Å²) >= 11 is 5.63. The number of aliphatic hydroxyl groups excluding tert-OH is 1. The van der Waals surface area contributed by atoms with Gasteiger partial charge in [0.2, 0.25) is 10.0 Å². The lowest BCUT2D eigenvalue weighted by Crippen LogP contribution is -2.30. The Kier molecular flexibility index (Phi) is 6.09. The standard InChI is InChI=1S/C12H15ClFNO5S/c1-7(2-3-16)6-15-21(19,20)10-5-8(13)4-9(11(10)14)12(17)18/h4-5,7,15-16H,2-3,6H2,1H3,(H,17,18). The van der Waals surface area contributed by atoms with E-state index in [4.69, 9.17) is 21.8 Å². The highest BCUT2D eigenvalue weighted by atomic mass is 35.5. The normalized spacial score (nSPS) is 13.1. The van der Waals surface area contributed by atoms with Crippen molar-refractivity contribution in [3.05, 3.63) is 28.5 Å². The maximum Gasteiger partial charge on any atom is 0.338 e. The maximum absolute atomic E-state index is 14.0. The van der Waals surface area contributed by atoms with Crippen LogP contribution >= 0.6 is 11.6 Å². The molecule has 118 valence electrons. The Morgan fingerprint density at radius 1 is 1.48 bits per heavy atom. The molecule has 1 aromatic rings. The van der Waals surface area contributed by atoms with Gasteiger partial charge in [-0.3, -0.25) is 0 Å². The number of hydrogen-bond acceptors (Lipinski definition) is 4. The van der Waals surface area contributed by atoms with E-state index < -0.39 is 32.3 Å². The Bertz CT molecular complexity index is 635. The largest absolute Gasteiger partial charge is 0.478 e. The quantitative estimate of drug-likeness (QED) is 0.698. The van der Waals surface area contributed by atoms with Gasteiger partial charge in [-0.15, -0.1) is 0 Å². The monoisotopic (exact) mass is 339 g/mol. The van der Waals surface area contributed by atoms with E-state index in [1.54, 1.807) is 6.92 Å². The van der Waals surface area contributed by atoms with Crippen molar-refractivity contribution in [1.82, 2.24) is 4.72 Å². The Labute approximate surface area is 126 Å². The van der Waals surface area contributed by atoms with Crippen molar-refractivity contribution in [3.8, 4) is 0 Å². The van der Waals surface area contributed by atoms with Gasteiger partial charge in [0.05, 0.1) is 5.56 Å². The molecule has 1 unspecified atom stereocenters. The fourth-order valence-corrected chi connectivity index (χ4v) is 3.14. The highest BCUT2D eigenvalue weighted by Gasteiger charge is 2.25. The molecule has 0 aromatic heterocycles. The Balaban J connectivity index is 3.11. The van der Waals surface area contributed by atoms with E-state index in [0.717, 1.165) is 12.1 Å². The van der Waals surface area contributed by atoms with Crippen LogP contribution in [0.2, 0.25) is 5.02 Å². The van der Waals surface area contributed by atoms with Gasteiger partial charge in [-0.05, 0) is 24.5 Å². The van der Waals surface area contributed by atoms with Crippen LogP contribution in [0.25, 0.3) is 0 Å². The number of sulfonamides is 1. The zero-order valence-electron chi connectivity index (χ0n) is 11.1. The minimum Gasteiger partial charge on any atom is -0.478 e. The zero-order chi connectivity index (χ0) is 16.2. The van der Waals surface area contributed by atoms with Gasteiger partial charge in [0.15, 0.2) is 5.82 Å². The van der Waals surface area contributed by atoms with Crippen molar-refractivity contribution >= 4 is 27.6 Å². The van der Waals surface area contributed by atoms with E-state index in [0.29, 0.717) is 6.42 Å². The van der Waals surface area contributed by atoms with Gasteiger partial charge >= 0.3 is 5.97 Å². The predicted octanol–water partition coefficient (Wildman–Crippen LogP) is 1.47. The molecular weight excluding hydrogens is 325 g/mol. The maximum atomic E-state index is 14.0. The van der Waals surface area contributed by atoms with Crippen LogP contribution < -0.4 is 4.72 Å². The summed E-state index contributed by atoms with van der Waals surface area (Å²) in [6.45, 7) is 1.59. The van der Waals surface area contributed by atoms with Crippen molar-refractivity contribution < 1.29 is 27.8 Å². The van der Waals surface area contributed by atoms with Crippen LogP contribution in [-0.2, 0) is 10.0 Å². The number of aliphatic hydroxyl groups is 1. The van der Waals surface area contributed by atoms with Crippen LogP contribution in [0.1, 0.15) is 23.7 Å². The molecule has 0 spiro atoms. The highest BCUT2D eigenvalue weighted by molar-refractivity contribution is 7.89. The minimum atomic E-state index is -4.24. The number of hydrogen-bond donors (Lipinski definition) is 3. The lowest BCUT2D eigenvalue weighted by molar-refractivity contribution is 0.0691. The second-order valence-electron chi connectivity index (χ2n) is 4.54. The molecule has 3 N–H and O–H groups in total. The molecule has 0 fully saturated rings. The van der Waals surface area contributed by atoms with Crippen LogP contribution in [0.3, 0.4) is 0 Å². The summed E-state index contributed by atoms with van der Waals surface area (Å²) in [6, 6.07) is 1.69. The summed E-state index contributed by atoms with van der Waals surface area (Å²) < 4.78 is 40.2. The summed E-state index contributed by atoms with van der Waals surface area (Å²) in [7, 11) is -4.24. The Morgan fingerprint density at radius 3 is 2.62 bits per heavy atom. The third-order valence-corrected chi connectivity index (χ3v) is 4.41. The SMILES string of the molecule is CC(CCO)CNS(=O)(=O)c1cc(Cl)cc(C(=O)O)c1F. The summed E-state index contributed by atoms with van der Waals surface area (Å²) in [6.07, 6.45) is 0.376. The molecule has 1 atom stereocenters. The zero-order valence-corrected chi connectivity index (χ0v) is 12.7. The smallest absolute Gasteiger partial charge is 0.338 e. The first-order valence-electron chi connectivity index (χ1n) is 6.02. The van der Waals surface area contributed by atoms with Gasteiger partial charge in [0, 0.05) is 18.2 Å². The van der Waals surface area contributed by atoms with Crippen molar-refractivity contribution in [2.45, 2.75) is 18.2 Å². The van der Waals surface area contributed by atoms with Gasteiger partial charge in [0.1, 0.15) is 4.90 Å². The number of nitrogens with one attached hydrogen (secondary N) is 1. The fourth-order valence-electron chi connectivity index (χ4n) is 1.57. The molecular formula is C12H15ClFNO5S. The average molecular weight is 340 g/mol. The van der Waals surface area contributed by atoms with Crippen LogP contribution in [-0.4, -0.2) is 37.8 Å². The number of halogens is 2. The molecule has 21 heavy (non-hydrogen) atoms. The Morgan fingerprint density at radius 2 is 2.10 bits per heavy atom. The fraction of sp³-hybridized carbons (Fsp3) is 0.417. The molecule has 0 heterocycles. The molecule has 1 aromatic carbocycles. The molecule has 0 saturated carbocycles. The van der Waals surface area contributed by atoms with Gasteiger partial charge in [-0.1, -0.05) is 18.5 Å². The van der Waals surface area contributed by atoms with E-state index in [2.05, 4.69) is 4.72 Å². The van der Waals surface area contributed by atoms with Crippen molar-refractivity contribution in [2.24, 2.45) is 5.92 Å². The van der Waals surface area contributed by atoms with Crippen molar-refractivity contribution in [1.29, 1.82) is 0 Å². The van der Waals surface area contributed by atoms with Gasteiger partial charge in [-0.25, -0.2) is 22.3 Å². The van der Waals surface area contributed by atoms with Crippen LogP contribution in [0.5, 0.6) is 0 Å². The first-order chi connectivity index (χ1) is 9.69. The topological polar surface area (TPSA) is 104 Å². The van der Waals surface area contributed by atoms with E-state index >= 15 is 0 Å². The average Bonchev–Trinajstić information content (AvgIpc) is 2.39. The van der Waals surface area contributed by atoms with Crippen molar-refractivity contribution in [2.75, 3.05) is 13.2 Å². The predicted molar refractivity (Wildman–Crippen MR) is 74.4 cm³/mol. The number of rotatable bonds is 7. The third kappa shape index (κ3) is 4.63. The van der Waals surface area contributed by atoms with Crippen LogP contribution in [0.15, 0.2) is 17.0 Å². The summed E-state index contributed by atoms with van der Waals surface area (Å²) in [5.41, 5.74) is -0.814. The number of carboxylic acids is 1. The lowest BCUT2D eigenvalue weighted by Gasteiger charge is -2.13. The summed E-state index contributed by atoms with van der Waals surface area (Å²) in [5, 5.41) is 17.4. The number of benzene rings is 1.